The van der Waals surface area contributed by atoms with Crippen LogP contribution in [0.5, 0.6) is 0 Å². The summed E-state index contributed by atoms with van der Waals surface area (Å²) < 4.78 is 1.82. The zero-order valence-electron chi connectivity index (χ0n) is 12.7. The average molecular weight is 278 g/mol. The molecule has 2 rings (SSSR count). The Labute approximate surface area is 120 Å². The number of carbonyl (C=O) groups excluding carboxylic acids is 1. The van der Waals surface area contributed by atoms with Crippen LogP contribution in [0.15, 0.2) is 12.4 Å². The van der Waals surface area contributed by atoms with Crippen molar-refractivity contribution < 1.29 is 4.79 Å². The van der Waals surface area contributed by atoms with Crippen molar-refractivity contribution in [1.82, 2.24) is 15.1 Å². The second kappa shape index (κ2) is 5.95. The van der Waals surface area contributed by atoms with E-state index in [2.05, 4.69) is 31.2 Å². The molecule has 0 aromatic carbocycles. The van der Waals surface area contributed by atoms with Crippen molar-refractivity contribution in [2.45, 2.75) is 58.0 Å². The van der Waals surface area contributed by atoms with Gasteiger partial charge in [-0.15, -0.1) is 0 Å². The third-order valence-electron chi connectivity index (χ3n) is 4.06. The summed E-state index contributed by atoms with van der Waals surface area (Å²) in [6.45, 7) is 6.83. The lowest BCUT2D eigenvalue weighted by Crippen LogP contribution is -2.44. The van der Waals surface area contributed by atoms with Crippen molar-refractivity contribution in [3.63, 3.8) is 0 Å². The molecule has 0 saturated heterocycles. The van der Waals surface area contributed by atoms with Gasteiger partial charge in [0.2, 0.25) is 0 Å². The normalized spacial score (nSPS) is 23.6. The fourth-order valence-corrected chi connectivity index (χ4v) is 2.74. The molecule has 1 aromatic rings. The highest BCUT2D eigenvalue weighted by molar-refractivity contribution is 5.93. The van der Waals surface area contributed by atoms with Crippen LogP contribution in [-0.4, -0.2) is 28.3 Å². The number of amides is 1. The van der Waals surface area contributed by atoms with E-state index in [0.29, 0.717) is 18.0 Å². The van der Waals surface area contributed by atoms with Gasteiger partial charge in [-0.25, -0.2) is 0 Å². The lowest BCUT2D eigenvalue weighted by Gasteiger charge is -2.31. The molecule has 0 spiro atoms. The predicted molar refractivity (Wildman–Crippen MR) is 79.5 cm³/mol. The van der Waals surface area contributed by atoms with E-state index in [9.17, 15) is 4.79 Å². The highest BCUT2D eigenvalue weighted by Crippen LogP contribution is 2.24. The molecule has 1 aliphatic carbocycles. The number of carbonyl (C=O) groups is 1. The fourth-order valence-electron chi connectivity index (χ4n) is 2.74. The number of rotatable bonds is 3. The summed E-state index contributed by atoms with van der Waals surface area (Å²) in [7, 11) is 0. The highest BCUT2D eigenvalue weighted by Gasteiger charge is 2.26. The monoisotopic (exact) mass is 278 g/mol. The first kappa shape index (κ1) is 15.0. The van der Waals surface area contributed by atoms with Crippen LogP contribution in [0.4, 0.5) is 0 Å². The van der Waals surface area contributed by atoms with Gasteiger partial charge in [-0.1, -0.05) is 12.8 Å². The van der Waals surface area contributed by atoms with Crippen LogP contribution in [0.3, 0.4) is 0 Å². The molecule has 1 heterocycles. The molecule has 1 aliphatic rings. The molecule has 1 aromatic heterocycles. The van der Waals surface area contributed by atoms with E-state index >= 15 is 0 Å². The Kier molecular flexibility index (Phi) is 4.48. The van der Waals surface area contributed by atoms with Crippen LogP contribution >= 0.6 is 0 Å². The van der Waals surface area contributed by atoms with E-state index in [1.54, 1.807) is 6.20 Å². The molecule has 2 unspecified atom stereocenters. The summed E-state index contributed by atoms with van der Waals surface area (Å²) in [6, 6.07) is 0.208. The van der Waals surface area contributed by atoms with Crippen LogP contribution in [0.25, 0.3) is 0 Å². The predicted octanol–water partition coefficient (Wildman–Crippen LogP) is 1.89. The number of hydrogen-bond acceptors (Lipinski definition) is 3. The maximum Gasteiger partial charge on any atom is 0.254 e. The molecule has 1 saturated carbocycles. The van der Waals surface area contributed by atoms with Crippen LogP contribution in [0.2, 0.25) is 0 Å². The standard InChI is InChI=1S/C15H26N4O/c1-15(2,3)19-10-12(9-17-19)14(20)18-13-7-5-4-6-11(13)8-16/h9-11,13H,4-8,16H2,1-3H3,(H,18,20). The molecule has 20 heavy (non-hydrogen) atoms. The summed E-state index contributed by atoms with van der Waals surface area (Å²) in [5.74, 6) is 0.371. The highest BCUT2D eigenvalue weighted by atomic mass is 16.1. The van der Waals surface area contributed by atoms with Crippen molar-refractivity contribution in [1.29, 1.82) is 0 Å². The quantitative estimate of drug-likeness (QED) is 0.886. The van der Waals surface area contributed by atoms with Gasteiger partial charge in [0, 0.05) is 12.2 Å². The van der Waals surface area contributed by atoms with E-state index in [0.717, 1.165) is 12.8 Å². The van der Waals surface area contributed by atoms with Gasteiger partial charge in [0.05, 0.1) is 17.3 Å². The molecule has 5 nitrogen and oxygen atoms in total. The van der Waals surface area contributed by atoms with Gasteiger partial charge in [-0.05, 0) is 46.1 Å². The topological polar surface area (TPSA) is 72.9 Å². The molecular formula is C15H26N4O. The SMILES string of the molecule is CC(C)(C)n1cc(C(=O)NC2CCCCC2CN)cn1. The minimum absolute atomic E-state index is 0.0363. The molecule has 2 atom stereocenters. The maximum atomic E-state index is 12.3. The molecule has 1 fully saturated rings. The van der Waals surface area contributed by atoms with E-state index in [-0.39, 0.29) is 17.5 Å². The Bertz CT molecular complexity index is 461. The first-order valence-electron chi connectivity index (χ1n) is 7.48. The van der Waals surface area contributed by atoms with E-state index < -0.39 is 0 Å². The minimum Gasteiger partial charge on any atom is -0.349 e. The zero-order valence-corrected chi connectivity index (χ0v) is 12.7. The van der Waals surface area contributed by atoms with Crippen LogP contribution in [-0.2, 0) is 5.54 Å². The zero-order chi connectivity index (χ0) is 14.8. The second-order valence-corrected chi connectivity index (χ2v) is 6.70. The molecule has 0 radical (unpaired) electrons. The Balaban J connectivity index is 2.02. The number of hydrogen-bond donors (Lipinski definition) is 2. The number of nitrogens with one attached hydrogen (secondary N) is 1. The molecule has 1 amide bonds. The Hall–Kier alpha value is -1.36. The first-order valence-corrected chi connectivity index (χ1v) is 7.48. The van der Waals surface area contributed by atoms with Crippen LogP contribution < -0.4 is 11.1 Å². The summed E-state index contributed by atoms with van der Waals surface area (Å²) in [6.07, 6.45) is 7.99. The average Bonchev–Trinajstić information content (AvgIpc) is 2.89. The van der Waals surface area contributed by atoms with Crippen LogP contribution in [0, 0.1) is 5.92 Å². The maximum absolute atomic E-state index is 12.3. The fraction of sp³-hybridized carbons (Fsp3) is 0.733. The van der Waals surface area contributed by atoms with E-state index in [4.69, 9.17) is 5.73 Å². The largest absolute Gasteiger partial charge is 0.349 e. The van der Waals surface area contributed by atoms with E-state index in [1.165, 1.54) is 12.8 Å². The van der Waals surface area contributed by atoms with Gasteiger partial charge >= 0.3 is 0 Å². The lowest BCUT2D eigenvalue weighted by molar-refractivity contribution is 0.0908. The summed E-state index contributed by atoms with van der Waals surface area (Å²) in [5, 5.41) is 7.40. The van der Waals surface area contributed by atoms with Crippen molar-refractivity contribution in [3.05, 3.63) is 18.0 Å². The van der Waals surface area contributed by atoms with Crippen molar-refractivity contribution in [2.24, 2.45) is 11.7 Å². The van der Waals surface area contributed by atoms with E-state index in [1.807, 2.05) is 10.9 Å². The Morgan fingerprint density at radius 1 is 1.45 bits per heavy atom. The van der Waals surface area contributed by atoms with Gasteiger partial charge in [0.15, 0.2) is 0 Å². The van der Waals surface area contributed by atoms with Crippen LogP contribution in [0.1, 0.15) is 56.8 Å². The van der Waals surface area contributed by atoms with Crippen molar-refractivity contribution in [3.8, 4) is 0 Å². The van der Waals surface area contributed by atoms with Crippen molar-refractivity contribution >= 4 is 5.91 Å². The van der Waals surface area contributed by atoms with Gasteiger partial charge in [-0.2, -0.15) is 5.10 Å². The minimum atomic E-state index is -0.108. The molecule has 0 aliphatic heterocycles. The summed E-state index contributed by atoms with van der Waals surface area (Å²) in [5.41, 5.74) is 6.32. The van der Waals surface area contributed by atoms with Gasteiger partial charge in [0.1, 0.15) is 0 Å². The molecular weight excluding hydrogens is 252 g/mol. The number of nitrogens with zero attached hydrogens (tertiary/aromatic N) is 2. The molecule has 0 bridgehead atoms. The Morgan fingerprint density at radius 2 is 2.15 bits per heavy atom. The van der Waals surface area contributed by atoms with Gasteiger partial charge < -0.3 is 11.1 Å². The molecule has 5 heteroatoms. The van der Waals surface area contributed by atoms with Crippen molar-refractivity contribution in [2.75, 3.05) is 6.54 Å². The summed E-state index contributed by atoms with van der Waals surface area (Å²) >= 11 is 0. The van der Waals surface area contributed by atoms with Gasteiger partial charge in [-0.3, -0.25) is 9.48 Å². The molecule has 112 valence electrons. The Morgan fingerprint density at radius 3 is 2.75 bits per heavy atom. The first-order chi connectivity index (χ1) is 9.41. The lowest BCUT2D eigenvalue weighted by atomic mass is 9.84. The third-order valence-corrected chi connectivity index (χ3v) is 4.06. The smallest absolute Gasteiger partial charge is 0.254 e. The second-order valence-electron chi connectivity index (χ2n) is 6.70. The van der Waals surface area contributed by atoms with Gasteiger partial charge in [0.25, 0.3) is 5.91 Å². The molecule has 3 N–H and O–H groups in total. The third kappa shape index (κ3) is 3.39. The number of nitrogens with two attached hydrogens (primary N) is 1. The summed E-state index contributed by atoms with van der Waals surface area (Å²) in [4.78, 5) is 12.3. The number of aromatic nitrogens is 2.